The Hall–Kier alpha value is -0.260. The predicted octanol–water partition coefficient (Wildman–Crippen LogP) is 1.34. The van der Waals surface area contributed by atoms with Gasteiger partial charge in [-0.1, -0.05) is 11.1 Å². The van der Waals surface area contributed by atoms with Crippen LogP contribution in [0.4, 0.5) is 0 Å². The Labute approximate surface area is 36.9 Å². The van der Waals surface area contributed by atoms with Gasteiger partial charge in [0.05, 0.1) is 0 Å². The molecule has 0 amide bonds. The quantitative estimate of drug-likeness (QED) is 0.383. The number of rotatable bonds is 0. The molecule has 2 fully saturated rings. The number of allylic oxidation sites excluding steroid dienone is 2. The summed E-state index contributed by atoms with van der Waals surface area (Å²) in [6, 6.07) is 0. The Bertz CT molecular complexity index is 135. The Morgan fingerprint density at radius 1 is 1.00 bits per heavy atom. The van der Waals surface area contributed by atoms with Crippen molar-refractivity contribution in [3.05, 3.63) is 11.1 Å². The third-order valence-electron chi connectivity index (χ3n) is 2.35. The van der Waals surface area contributed by atoms with Crippen molar-refractivity contribution in [2.45, 2.75) is 12.8 Å². The molecule has 2 saturated carbocycles. The number of fused-ring (bicyclic) bond motifs is 3. The Balaban J connectivity index is 2.50. The van der Waals surface area contributed by atoms with Crippen molar-refractivity contribution in [1.82, 2.24) is 0 Å². The first-order valence-electron chi connectivity index (χ1n) is 2.68. The van der Waals surface area contributed by atoms with Gasteiger partial charge < -0.3 is 0 Å². The van der Waals surface area contributed by atoms with Crippen LogP contribution in [0.5, 0.6) is 0 Å². The number of hydrogen-bond donors (Lipinski definition) is 0. The van der Waals surface area contributed by atoms with E-state index in [-0.39, 0.29) is 0 Å². The van der Waals surface area contributed by atoms with E-state index >= 15 is 0 Å². The van der Waals surface area contributed by atoms with Gasteiger partial charge in [-0.2, -0.15) is 0 Å². The fraction of sp³-hybridized carbons (Fsp3) is 0.667. The molecule has 0 heteroatoms. The second-order valence-corrected chi connectivity index (χ2v) is 2.67. The molecule has 6 heavy (non-hydrogen) atoms. The molecule has 3 aliphatic carbocycles. The first kappa shape index (κ1) is 2.15. The lowest BCUT2D eigenvalue weighted by molar-refractivity contribution is 0.741. The second kappa shape index (κ2) is 0.351. The molecular weight excluding hydrogens is 72.1 g/mol. The minimum absolute atomic E-state index is 1.15. The summed E-state index contributed by atoms with van der Waals surface area (Å²) in [5.74, 6) is 2.31. The van der Waals surface area contributed by atoms with Crippen molar-refractivity contribution >= 4 is 0 Å². The molecule has 0 radical (unpaired) electrons. The minimum Gasteiger partial charge on any atom is -0.0660 e. The van der Waals surface area contributed by atoms with Gasteiger partial charge in [0.25, 0.3) is 0 Å². The molecule has 2 unspecified atom stereocenters. The number of hydrogen-bond acceptors (Lipinski definition) is 0. The SMILES string of the molecule is C1C2=C3CC3C12. The highest BCUT2D eigenvalue weighted by Gasteiger charge is 2.59. The molecule has 30 valence electrons. The van der Waals surface area contributed by atoms with Gasteiger partial charge in [0.15, 0.2) is 0 Å². The first-order valence-corrected chi connectivity index (χ1v) is 2.68. The molecule has 0 aromatic carbocycles. The summed E-state index contributed by atoms with van der Waals surface area (Å²) in [6.07, 6.45) is 3.00. The topological polar surface area (TPSA) is 0 Å². The van der Waals surface area contributed by atoms with Crippen molar-refractivity contribution in [3.8, 4) is 0 Å². The third-order valence-corrected chi connectivity index (χ3v) is 2.35. The summed E-state index contributed by atoms with van der Waals surface area (Å²) >= 11 is 0. The molecule has 3 rings (SSSR count). The summed E-state index contributed by atoms with van der Waals surface area (Å²) in [4.78, 5) is 0. The fourth-order valence-corrected chi connectivity index (χ4v) is 1.77. The standard InChI is InChI=1S/C6H6/c1-3-4(1)6-2-5(3)6/h3,5H,1-2H2. The van der Waals surface area contributed by atoms with Crippen LogP contribution in [0, 0.1) is 11.8 Å². The lowest BCUT2D eigenvalue weighted by atomic mass is 10.1. The first-order chi connectivity index (χ1) is 2.97. The zero-order valence-corrected chi connectivity index (χ0v) is 3.57. The summed E-state index contributed by atoms with van der Waals surface area (Å²) in [7, 11) is 0. The van der Waals surface area contributed by atoms with E-state index in [4.69, 9.17) is 0 Å². The van der Waals surface area contributed by atoms with Crippen molar-refractivity contribution < 1.29 is 0 Å². The smallest absolute Gasteiger partial charge is 0.00939 e. The second-order valence-electron chi connectivity index (χ2n) is 2.67. The van der Waals surface area contributed by atoms with Gasteiger partial charge in [0, 0.05) is 0 Å². The van der Waals surface area contributed by atoms with Gasteiger partial charge >= 0.3 is 0 Å². The van der Waals surface area contributed by atoms with E-state index in [1.165, 1.54) is 12.8 Å². The Kier molecular flexibility index (Phi) is 0.126. The van der Waals surface area contributed by atoms with E-state index in [1.54, 1.807) is 0 Å². The highest BCUT2D eigenvalue weighted by Crippen LogP contribution is 2.71. The van der Waals surface area contributed by atoms with Gasteiger partial charge in [-0.05, 0) is 24.7 Å². The van der Waals surface area contributed by atoms with Crippen molar-refractivity contribution in [1.29, 1.82) is 0 Å². The highest BCUT2D eigenvalue weighted by atomic mass is 14.6. The summed E-state index contributed by atoms with van der Waals surface area (Å²) < 4.78 is 0. The van der Waals surface area contributed by atoms with E-state index in [2.05, 4.69) is 0 Å². The lowest BCUT2D eigenvalue weighted by Gasteiger charge is -1.90. The molecule has 2 atom stereocenters. The van der Waals surface area contributed by atoms with Crippen LogP contribution < -0.4 is 0 Å². The predicted molar refractivity (Wildman–Crippen MR) is 23.2 cm³/mol. The van der Waals surface area contributed by atoms with Gasteiger partial charge in [-0.25, -0.2) is 0 Å². The summed E-state index contributed by atoms with van der Waals surface area (Å²) in [5, 5.41) is 0. The normalized spacial score (nSPS) is 56.0. The molecule has 0 N–H and O–H groups in total. The molecule has 0 aromatic heterocycles. The summed E-state index contributed by atoms with van der Waals surface area (Å²) in [5.41, 5.74) is 3.69. The van der Waals surface area contributed by atoms with Gasteiger partial charge in [-0.3, -0.25) is 0 Å². The fourth-order valence-electron chi connectivity index (χ4n) is 1.77. The lowest BCUT2D eigenvalue weighted by Crippen LogP contribution is -1.82. The average molecular weight is 78.1 g/mol. The van der Waals surface area contributed by atoms with Crippen molar-refractivity contribution in [2.24, 2.45) is 11.8 Å². The molecule has 0 aliphatic heterocycles. The van der Waals surface area contributed by atoms with Crippen LogP contribution in [-0.2, 0) is 0 Å². The molecule has 0 nitrogen and oxygen atoms in total. The maximum Gasteiger partial charge on any atom is -0.00939 e. The van der Waals surface area contributed by atoms with Crippen LogP contribution in [0.2, 0.25) is 0 Å². The zero-order valence-electron chi connectivity index (χ0n) is 3.57. The zero-order chi connectivity index (χ0) is 3.72. The van der Waals surface area contributed by atoms with Crippen molar-refractivity contribution in [3.63, 3.8) is 0 Å². The van der Waals surface area contributed by atoms with Crippen LogP contribution in [0.15, 0.2) is 11.1 Å². The van der Waals surface area contributed by atoms with E-state index in [0.29, 0.717) is 0 Å². The third kappa shape index (κ3) is 0.0721. The van der Waals surface area contributed by atoms with E-state index in [0.717, 1.165) is 11.8 Å². The Morgan fingerprint density at radius 2 is 1.50 bits per heavy atom. The van der Waals surface area contributed by atoms with Crippen LogP contribution in [0.1, 0.15) is 12.8 Å². The molecule has 0 bridgehead atoms. The summed E-state index contributed by atoms with van der Waals surface area (Å²) in [6.45, 7) is 0. The van der Waals surface area contributed by atoms with Crippen LogP contribution in [0.25, 0.3) is 0 Å². The average Bonchev–Trinajstić information content (AvgIpc) is 2.04. The molecule has 0 heterocycles. The van der Waals surface area contributed by atoms with Crippen LogP contribution in [-0.4, -0.2) is 0 Å². The molecular formula is C6H6. The molecule has 0 spiro atoms. The molecule has 0 aromatic rings. The van der Waals surface area contributed by atoms with E-state index in [1.807, 2.05) is 11.1 Å². The van der Waals surface area contributed by atoms with E-state index in [9.17, 15) is 0 Å². The largest absolute Gasteiger partial charge is 0.0660 e. The van der Waals surface area contributed by atoms with Gasteiger partial charge in [0.2, 0.25) is 0 Å². The van der Waals surface area contributed by atoms with Crippen molar-refractivity contribution in [2.75, 3.05) is 0 Å². The molecule has 0 saturated heterocycles. The minimum atomic E-state index is 1.15. The molecule has 3 aliphatic rings. The Morgan fingerprint density at radius 3 is 1.67 bits per heavy atom. The maximum absolute atomic E-state index is 1.85. The van der Waals surface area contributed by atoms with E-state index < -0.39 is 0 Å². The van der Waals surface area contributed by atoms with Gasteiger partial charge in [-0.15, -0.1) is 0 Å². The maximum atomic E-state index is 1.85. The van der Waals surface area contributed by atoms with Crippen LogP contribution in [0.3, 0.4) is 0 Å². The highest BCUT2D eigenvalue weighted by molar-refractivity contribution is 5.54. The van der Waals surface area contributed by atoms with Gasteiger partial charge in [0.1, 0.15) is 0 Å². The van der Waals surface area contributed by atoms with Crippen LogP contribution >= 0.6 is 0 Å². The monoisotopic (exact) mass is 78.0 g/mol.